The van der Waals surface area contributed by atoms with Crippen LogP contribution in [0, 0.1) is 0 Å². The number of halogens is 4. The first-order valence-electron chi connectivity index (χ1n) is 6.87. The van der Waals surface area contributed by atoms with Crippen LogP contribution in [0.25, 0.3) is 0 Å². The first-order valence-corrected chi connectivity index (χ1v) is 8.06. The quantitative estimate of drug-likeness (QED) is 0.763. The normalized spacial score (nSPS) is 18.5. The molecule has 0 spiro atoms. The maximum absolute atomic E-state index is 12.5. The van der Waals surface area contributed by atoms with E-state index in [0.717, 1.165) is 22.6 Å². The smallest absolute Gasteiger partial charge is 0.383 e. The Morgan fingerprint density at radius 2 is 1.86 bits per heavy atom. The molecular weight excluding hydrogens is 333 g/mol. The predicted molar refractivity (Wildman–Crippen MR) is 84.0 cm³/mol. The van der Waals surface area contributed by atoms with Crippen LogP contribution in [0.3, 0.4) is 0 Å². The van der Waals surface area contributed by atoms with E-state index >= 15 is 0 Å². The molecule has 1 N–H and O–H groups in total. The van der Waals surface area contributed by atoms with Gasteiger partial charge in [-0.25, -0.2) is 0 Å². The van der Waals surface area contributed by atoms with Gasteiger partial charge in [-0.1, -0.05) is 48.5 Å². The van der Waals surface area contributed by atoms with Crippen molar-refractivity contribution < 1.29 is 18.3 Å². The molecule has 1 nitrogen and oxygen atoms in total. The Balaban J connectivity index is 2.09. The van der Waals surface area contributed by atoms with Crippen LogP contribution in [0.15, 0.2) is 51.3 Å². The van der Waals surface area contributed by atoms with Gasteiger partial charge >= 0.3 is 6.18 Å². The van der Waals surface area contributed by atoms with E-state index < -0.39 is 18.2 Å². The Labute approximate surface area is 136 Å². The van der Waals surface area contributed by atoms with E-state index in [2.05, 4.69) is 0 Å². The van der Waals surface area contributed by atoms with Gasteiger partial charge in [0.2, 0.25) is 0 Å². The van der Waals surface area contributed by atoms with Gasteiger partial charge in [0.25, 0.3) is 0 Å². The lowest BCUT2D eigenvalue weighted by atomic mass is 9.95. The molecule has 0 saturated heterocycles. The van der Waals surface area contributed by atoms with E-state index in [1.807, 2.05) is 12.2 Å². The summed E-state index contributed by atoms with van der Waals surface area (Å²) >= 11 is 7.64. The predicted octanol–water partition coefficient (Wildman–Crippen LogP) is 5.61. The van der Waals surface area contributed by atoms with Crippen LogP contribution >= 0.6 is 23.4 Å². The largest absolute Gasteiger partial charge is 0.414 e. The molecule has 0 aromatic heterocycles. The Bertz CT molecular complexity index is 578. The average molecular weight is 349 g/mol. The van der Waals surface area contributed by atoms with Crippen molar-refractivity contribution in [2.45, 2.75) is 42.9 Å². The minimum Gasteiger partial charge on any atom is -0.383 e. The Morgan fingerprint density at radius 1 is 1.23 bits per heavy atom. The number of benzene rings is 1. The van der Waals surface area contributed by atoms with Crippen molar-refractivity contribution in [3.8, 4) is 0 Å². The minimum absolute atomic E-state index is 0.456. The van der Waals surface area contributed by atoms with Crippen LogP contribution in [0.4, 0.5) is 13.2 Å². The van der Waals surface area contributed by atoms with E-state index in [0.29, 0.717) is 10.6 Å². The second-order valence-corrected chi connectivity index (χ2v) is 6.73. The highest BCUT2D eigenvalue weighted by atomic mass is 35.5. The van der Waals surface area contributed by atoms with E-state index in [-0.39, 0.29) is 0 Å². The second kappa shape index (κ2) is 7.11. The standard InChI is InChI=1S/C16H16ClF3OS/c1-10(15(21)16(18,19)20)11-6-8-12(9-7-11)22-14-5-3-2-4-13(14)17/h2,4,6-10,15,21H,3,5H2,1H3. The van der Waals surface area contributed by atoms with E-state index in [1.165, 1.54) is 18.7 Å². The Hall–Kier alpha value is -0.910. The van der Waals surface area contributed by atoms with Crippen molar-refractivity contribution in [1.29, 1.82) is 0 Å². The molecule has 0 saturated carbocycles. The maximum Gasteiger partial charge on any atom is 0.414 e. The number of hydrogen-bond acceptors (Lipinski definition) is 2. The molecule has 120 valence electrons. The lowest BCUT2D eigenvalue weighted by Crippen LogP contribution is -2.33. The van der Waals surface area contributed by atoms with E-state index in [4.69, 9.17) is 11.6 Å². The molecule has 1 aliphatic rings. The summed E-state index contributed by atoms with van der Waals surface area (Å²) in [7, 11) is 0. The third kappa shape index (κ3) is 4.31. The summed E-state index contributed by atoms with van der Waals surface area (Å²) in [6.07, 6.45) is -1.29. The molecule has 0 fully saturated rings. The third-order valence-corrected chi connectivity index (χ3v) is 5.17. The van der Waals surface area contributed by atoms with Gasteiger partial charge in [-0.2, -0.15) is 13.2 Å². The van der Waals surface area contributed by atoms with Crippen molar-refractivity contribution >= 4 is 23.4 Å². The second-order valence-electron chi connectivity index (χ2n) is 5.16. The first-order chi connectivity index (χ1) is 10.3. The van der Waals surface area contributed by atoms with Gasteiger partial charge in [0.1, 0.15) is 0 Å². The number of rotatable bonds is 4. The van der Waals surface area contributed by atoms with Gasteiger partial charge in [-0.3, -0.25) is 0 Å². The average Bonchev–Trinajstić information content (AvgIpc) is 2.48. The fraction of sp³-hybridized carbons (Fsp3) is 0.375. The lowest BCUT2D eigenvalue weighted by Gasteiger charge is -2.22. The topological polar surface area (TPSA) is 20.2 Å². The minimum atomic E-state index is -4.61. The van der Waals surface area contributed by atoms with Gasteiger partial charge in [-0.15, -0.1) is 0 Å². The summed E-state index contributed by atoms with van der Waals surface area (Å²) in [5.41, 5.74) is 0.456. The summed E-state index contributed by atoms with van der Waals surface area (Å²) in [6, 6.07) is 6.76. The van der Waals surface area contributed by atoms with Gasteiger partial charge in [0, 0.05) is 15.7 Å². The number of thioether (sulfide) groups is 1. The number of hydrogen-bond donors (Lipinski definition) is 1. The van der Waals surface area contributed by atoms with Crippen molar-refractivity contribution in [2.75, 3.05) is 0 Å². The van der Waals surface area contributed by atoms with Crippen molar-refractivity contribution in [3.05, 3.63) is 51.9 Å². The summed E-state index contributed by atoms with van der Waals surface area (Å²) in [6.45, 7) is 1.37. The molecule has 1 aliphatic carbocycles. The molecule has 0 amide bonds. The number of aliphatic hydroxyl groups is 1. The van der Waals surface area contributed by atoms with Crippen LogP contribution in [0.1, 0.15) is 31.2 Å². The van der Waals surface area contributed by atoms with Crippen molar-refractivity contribution in [2.24, 2.45) is 0 Å². The molecule has 2 atom stereocenters. The zero-order valence-corrected chi connectivity index (χ0v) is 13.5. The SMILES string of the molecule is CC(c1ccc(SC2=C(Cl)C=CCC2)cc1)C(O)C(F)(F)F. The molecule has 0 heterocycles. The Kier molecular flexibility index (Phi) is 5.64. The van der Waals surface area contributed by atoms with Crippen LogP contribution in [0.5, 0.6) is 0 Å². The highest BCUT2D eigenvalue weighted by Gasteiger charge is 2.42. The van der Waals surface area contributed by atoms with E-state index in [1.54, 1.807) is 24.3 Å². The fourth-order valence-electron chi connectivity index (χ4n) is 2.16. The van der Waals surface area contributed by atoms with Crippen LogP contribution < -0.4 is 0 Å². The van der Waals surface area contributed by atoms with Gasteiger partial charge < -0.3 is 5.11 Å². The molecule has 0 bridgehead atoms. The van der Waals surface area contributed by atoms with Gasteiger partial charge in [0.15, 0.2) is 6.10 Å². The molecule has 6 heteroatoms. The molecule has 2 unspecified atom stereocenters. The number of allylic oxidation sites excluding steroid dienone is 4. The summed E-state index contributed by atoms with van der Waals surface area (Å²) in [4.78, 5) is 1.97. The van der Waals surface area contributed by atoms with Gasteiger partial charge in [-0.05, 0) is 36.6 Å². The zero-order chi connectivity index (χ0) is 16.3. The Morgan fingerprint density at radius 3 is 2.41 bits per heavy atom. The van der Waals surface area contributed by atoms with Gasteiger partial charge in [0.05, 0.1) is 5.03 Å². The van der Waals surface area contributed by atoms with Crippen LogP contribution in [-0.2, 0) is 0 Å². The van der Waals surface area contributed by atoms with E-state index in [9.17, 15) is 18.3 Å². The summed E-state index contributed by atoms with van der Waals surface area (Å²) < 4.78 is 37.6. The number of aliphatic hydroxyl groups excluding tert-OH is 1. The highest BCUT2D eigenvalue weighted by molar-refractivity contribution is 8.03. The maximum atomic E-state index is 12.5. The molecular formula is C16H16ClF3OS. The van der Waals surface area contributed by atoms with Crippen LogP contribution in [-0.4, -0.2) is 17.4 Å². The molecule has 2 rings (SSSR count). The lowest BCUT2D eigenvalue weighted by molar-refractivity contribution is -0.209. The summed E-state index contributed by atoms with van der Waals surface area (Å²) in [5.74, 6) is -1.00. The van der Waals surface area contributed by atoms with Crippen molar-refractivity contribution in [1.82, 2.24) is 0 Å². The zero-order valence-electron chi connectivity index (χ0n) is 11.9. The fourth-order valence-corrected chi connectivity index (χ4v) is 3.40. The molecule has 0 radical (unpaired) electrons. The first kappa shape index (κ1) is 17.4. The highest BCUT2D eigenvalue weighted by Crippen LogP contribution is 2.37. The molecule has 1 aromatic rings. The van der Waals surface area contributed by atoms with Crippen LogP contribution in [0.2, 0.25) is 0 Å². The molecule has 1 aromatic carbocycles. The number of alkyl halides is 3. The third-order valence-electron chi connectivity index (χ3n) is 3.52. The monoisotopic (exact) mass is 348 g/mol. The summed E-state index contributed by atoms with van der Waals surface area (Å²) in [5, 5.41) is 10.0. The molecule has 0 aliphatic heterocycles. The van der Waals surface area contributed by atoms with Crippen molar-refractivity contribution in [3.63, 3.8) is 0 Å². The molecule has 22 heavy (non-hydrogen) atoms.